The van der Waals surface area contributed by atoms with Crippen molar-refractivity contribution >= 4 is 5.78 Å². The smallest absolute Gasteiger partial charge is 0.310 e. The molecule has 2 atom stereocenters. The molecule has 30 heavy (non-hydrogen) atoms. The zero-order chi connectivity index (χ0) is 21.5. The van der Waals surface area contributed by atoms with Crippen LogP contribution < -0.4 is 4.74 Å². The number of carbonyl (C=O) groups is 1. The van der Waals surface area contributed by atoms with Gasteiger partial charge in [0, 0.05) is 29.5 Å². The first kappa shape index (κ1) is 19.1. The summed E-state index contributed by atoms with van der Waals surface area (Å²) in [4.78, 5) is 12.7. The normalized spacial score (nSPS) is 28.7. The van der Waals surface area contributed by atoms with Crippen molar-refractivity contribution in [3.8, 4) is 17.6 Å². The van der Waals surface area contributed by atoms with E-state index in [2.05, 4.69) is 0 Å². The molecule has 1 saturated carbocycles. The third-order valence-electron chi connectivity index (χ3n) is 6.34. The fourth-order valence-corrected chi connectivity index (χ4v) is 4.89. The third-order valence-corrected chi connectivity index (χ3v) is 6.34. The number of carbonyl (C=O) groups excluding carboxylic acids is 1. The van der Waals surface area contributed by atoms with Crippen molar-refractivity contribution in [3.63, 3.8) is 0 Å². The van der Waals surface area contributed by atoms with Crippen molar-refractivity contribution in [2.45, 2.75) is 42.9 Å². The zero-order valence-electron chi connectivity index (χ0n) is 15.5. The number of nitrogens with zero attached hydrogens (tertiary/aromatic N) is 1. The predicted molar refractivity (Wildman–Crippen MR) is 95.5 cm³/mol. The van der Waals surface area contributed by atoms with E-state index >= 15 is 13.2 Å². The topological polar surface area (TPSA) is 70.3 Å². The molecular formula is C22H15F4NO3. The monoisotopic (exact) mass is 417 g/mol. The summed E-state index contributed by atoms with van der Waals surface area (Å²) in [6.07, 6.45) is -0.314. The highest BCUT2D eigenvalue weighted by Gasteiger charge is 2.79. The van der Waals surface area contributed by atoms with Crippen molar-refractivity contribution in [2.24, 2.45) is 5.92 Å². The van der Waals surface area contributed by atoms with E-state index in [0.717, 1.165) is 24.3 Å². The van der Waals surface area contributed by atoms with Crippen LogP contribution in [-0.2, 0) is 11.5 Å². The molecule has 8 heteroatoms. The molecule has 2 aromatic rings. The fourth-order valence-electron chi connectivity index (χ4n) is 4.89. The molecule has 0 radical (unpaired) electrons. The number of nitriles is 1. The number of ketones is 1. The van der Waals surface area contributed by atoms with Crippen molar-refractivity contribution in [2.75, 3.05) is 0 Å². The van der Waals surface area contributed by atoms with Crippen molar-refractivity contribution in [3.05, 3.63) is 58.4 Å². The minimum absolute atomic E-state index is 0.0364. The summed E-state index contributed by atoms with van der Waals surface area (Å²) in [5, 5.41) is 20.2. The molecule has 5 rings (SSSR count). The van der Waals surface area contributed by atoms with Crippen LogP contribution in [0.5, 0.6) is 11.5 Å². The number of Topliss-reactive ketones (excluding diaryl/α,β-unsaturated/α-hetero) is 1. The second kappa shape index (κ2) is 5.82. The first-order chi connectivity index (χ1) is 14.1. The van der Waals surface area contributed by atoms with Crippen LogP contribution in [0.15, 0.2) is 30.3 Å². The highest BCUT2D eigenvalue weighted by Crippen LogP contribution is 2.70. The summed E-state index contributed by atoms with van der Waals surface area (Å²) in [5.41, 5.74) is -7.23. The SMILES string of the molecule is N#Cc1cc(F)cc(Oc2ccc3c4c2C(=O)CCC4(O)C(F)(C2CC2)C3(F)F)c1. The summed E-state index contributed by atoms with van der Waals surface area (Å²) in [6, 6.07) is 6.99. The van der Waals surface area contributed by atoms with E-state index in [1.807, 2.05) is 0 Å². The van der Waals surface area contributed by atoms with Gasteiger partial charge in [-0.3, -0.25) is 4.79 Å². The molecule has 4 nitrogen and oxygen atoms in total. The van der Waals surface area contributed by atoms with Gasteiger partial charge in [0.25, 0.3) is 0 Å². The van der Waals surface area contributed by atoms with Crippen LogP contribution in [-0.4, -0.2) is 16.6 Å². The predicted octanol–water partition coefficient (Wildman–Crippen LogP) is 4.88. The van der Waals surface area contributed by atoms with Gasteiger partial charge >= 0.3 is 5.92 Å². The van der Waals surface area contributed by atoms with Crippen LogP contribution in [0.25, 0.3) is 0 Å². The Balaban J connectivity index is 1.70. The molecular weight excluding hydrogens is 402 g/mol. The molecule has 2 aromatic carbocycles. The lowest BCUT2D eigenvalue weighted by Gasteiger charge is -2.41. The van der Waals surface area contributed by atoms with Gasteiger partial charge in [0.2, 0.25) is 5.67 Å². The van der Waals surface area contributed by atoms with Gasteiger partial charge in [-0.1, -0.05) is 0 Å². The Bertz CT molecular complexity index is 1150. The second-order valence-electron chi connectivity index (χ2n) is 8.09. The van der Waals surface area contributed by atoms with Crippen LogP contribution in [0.4, 0.5) is 17.6 Å². The molecule has 0 bridgehead atoms. The molecule has 1 N–H and O–H groups in total. The molecule has 0 aromatic heterocycles. The Labute approximate surface area is 168 Å². The number of aliphatic hydroxyl groups is 1. The van der Waals surface area contributed by atoms with E-state index in [4.69, 9.17) is 10.00 Å². The van der Waals surface area contributed by atoms with Gasteiger partial charge in [0.05, 0.1) is 17.2 Å². The molecule has 0 spiro atoms. The number of benzene rings is 2. The Morgan fingerprint density at radius 3 is 2.57 bits per heavy atom. The van der Waals surface area contributed by atoms with E-state index < -0.39 is 52.3 Å². The van der Waals surface area contributed by atoms with Crippen LogP contribution in [0, 0.1) is 23.1 Å². The van der Waals surface area contributed by atoms with E-state index in [1.165, 1.54) is 6.07 Å². The lowest BCUT2D eigenvalue weighted by atomic mass is 9.71. The number of halogens is 4. The molecule has 3 aliphatic rings. The molecule has 0 amide bonds. The van der Waals surface area contributed by atoms with E-state index in [9.17, 15) is 14.3 Å². The van der Waals surface area contributed by atoms with Crippen LogP contribution in [0.3, 0.4) is 0 Å². The summed E-state index contributed by atoms with van der Waals surface area (Å²) >= 11 is 0. The molecule has 0 aliphatic heterocycles. The average Bonchev–Trinajstić information content (AvgIpc) is 3.53. The minimum Gasteiger partial charge on any atom is -0.456 e. The quantitative estimate of drug-likeness (QED) is 0.723. The summed E-state index contributed by atoms with van der Waals surface area (Å²) in [5.74, 6) is -6.62. The lowest BCUT2D eigenvalue weighted by molar-refractivity contribution is -0.232. The number of alkyl halides is 3. The van der Waals surface area contributed by atoms with Crippen molar-refractivity contribution in [1.82, 2.24) is 0 Å². The number of hydrogen-bond acceptors (Lipinski definition) is 4. The average molecular weight is 417 g/mol. The summed E-state index contributed by atoms with van der Waals surface area (Å²) in [6.45, 7) is 0. The summed E-state index contributed by atoms with van der Waals surface area (Å²) < 4.78 is 65.7. The zero-order valence-corrected chi connectivity index (χ0v) is 15.5. The third kappa shape index (κ3) is 2.21. The van der Waals surface area contributed by atoms with E-state index in [-0.39, 0.29) is 41.9 Å². The van der Waals surface area contributed by atoms with Gasteiger partial charge < -0.3 is 9.84 Å². The highest BCUT2D eigenvalue weighted by molar-refractivity contribution is 6.02. The summed E-state index contributed by atoms with van der Waals surface area (Å²) in [7, 11) is 0. The first-order valence-corrected chi connectivity index (χ1v) is 9.52. The Morgan fingerprint density at radius 2 is 1.90 bits per heavy atom. The standard InChI is InChI=1S/C22H15F4NO3/c23-13-7-11(10-27)8-14(9-13)30-17-4-3-15-19-18(17)16(28)5-6-20(19,29)21(24,12-1-2-12)22(15,25)26/h3-4,7-9,12,29H,1-2,5-6H2. The maximum atomic E-state index is 15.9. The van der Waals surface area contributed by atoms with Gasteiger partial charge in [-0.2, -0.15) is 14.0 Å². The van der Waals surface area contributed by atoms with Gasteiger partial charge in [0.15, 0.2) is 5.78 Å². The van der Waals surface area contributed by atoms with Crippen molar-refractivity contribution in [1.29, 1.82) is 5.26 Å². The maximum Gasteiger partial charge on any atom is 0.310 e. The lowest BCUT2D eigenvalue weighted by Crippen LogP contribution is -2.55. The van der Waals surface area contributed by atoms with E-state index in [0.29, 0.717) is 0 Å². The van der Waals surface area contributed by atoms with Crippen LogP contribution in [0.1, 0.15) is 52.7 Å². The Morgan fingerprint density at radius 1 is 1.17 bits per heavy atom. The van der Waals surface area contributed by atoms with Crippen LogP contribution in [0.2, 0.25) is 0 Å². The molecule has 3 aliphatic carbocycles. The number of rotatable bonds is 3. The van der Waals surface area contributed by atoms with Gasteiger partial charge in [-0.15, -0.1) is 0 Å². The van der Waals surface area contributed by atoms with Gasteiger partial charge in [-0.25, -0.2) is 8.78 Å². The Hall–Kier alpha value is -2.92. The number of hydrogen-bond donors (Lipinski definition) is 1. The second-order valence-corrected chi connectivity index (χ2v) is 8.09. The molecule has 0 saturated heterocycles. The van der Waals surface area contributed by atoms with Crippen molar-refractivity contribution < 1.29 is 32.2 Å². The maximum absolute atomic E-state index is 15.9. The minimum atomic E-state index is -3.97. The van der Waals surface area contributed by atoms with E-state index in [1.54, 1.807) is 6.07 Å². The molecule has 0 heterocycles. The van der Waals surface area contributed by atoms with Gasteiger partial charge in [-0.05, 0) is 43.5 Å². The Kier molecular flexibility index (Phi) is 3.70. The molecule has 154 valence electrons. The van der Waals surface area contributed by atoms with Crippen LogP contribution >= 0.6 is 0 Å². The first-order valence-electron chi connectivity index (χ1n) is 9.52. The highest BCUT2D eigenvalue weighted by atomic mass is 19.3. The molecule has 2 unspecified atom stereocenters. The molecule has 1 fully saturated rings. The fraction of sp³-hybridized carbons (Fsp3) is 0.364. The largest absolute Gasteiger partial charge is 0.456 e. The van der Waals surface area contributed by atoms with Gasteiger partial charge in [0.1, 0.15) is 22.9 Å². The number of ether oxygens (including phenoxy) is 1.